The van der Waals surface area contributed by atoms with Crippen molar-refractivity contribution < 1.29 is 9.18 Å². The highest BCUT2D eigenvalue weighted by Gasteiger charge is 2.57. The van der Waals surface area contributed by atoms with Gasteiger partial charge in [0.1, 0.15) is 0 Å². The maximum Gasteiger partial charge on any atom is 0.223 e. The average molecular weight is 263 g/mol. The monoisotopic (exact) mass is 263 g/mol. The molecular formula is C16H22FNO. The molecule has 2 rings (SSSR count). The van der Waals surface area contributed by atoms with Crippen molar-refractivity contribution in [2.75, 3.05) is 0 Å². The summed E-state index contributed by atoms with van der Waals surface area (Å²) in [6.45, 7) is 4.07. The van der Waals surface area contributed by atoms with E-state index < -0.39 is 5.67 Å². The first-order valence-corrected chi connectivity index (χ1v) is 7.16. The van der Waals surface area contributed by atoms with Crippen LogP contribution in [-0.4, -0.2) is 11.9 Å². The summed E-state index contributed by atoms with van der Waals surface area (Å²) in [5.74, 6) is 0.0235. The van der Waals surface area contributed by atoms with Gasteiger partial charge in [0, 0.05) is 12.3 Å². The molecule has 1 aliphatic rings. The number of nitrogens with one attached hydrogen (secondary N) is 1. The summed E-state index contributed by atoms with van der Waals surface area (Å²) in [6.07, 6.45) is 3.07. The minimum atomic E-state index is -1.36. The number of rotatable bonds is 6. The molecular weight excluding hydrogens is 241 g/mol. The normalized spacial score (nSPS) is 26.8. The van der Waals surface area contributed by atoms with Crippen LogP contribution in [0.25, 0.3) is 0 Å². The lowest BCUT2D eigenvalue weighted by Crippen LogP contribution is -2.34. The number of amides is 1. The van der Waals surface area contributed by atoms with E-state index in [0.29, 0.717) is 12.0 Å². The Balaban J connectivity index is 1.94. The predicted octanol–water partition coefficient (Wildman–Crippen LogP) is 3.57. The largest absolute Gasteiger partial charge is 0.349 e. The van der Waals surface area contributed by atoms with E-state index >= 15 is 0 Å². The van der Waals surface area contributed by atoms with Gasteiger partial charge in [0.2, 0.25) is 5.91 Å². The van der Waals surface area contributed by atoms with Crippen LogP contribution in [0.2, 0.25) is 0 Å². The Labute approximate surface area is 114 Å². The zero-order valence-electron chi connectivity index (χ0n) is 11.7. The fraction of sp³-hybridized carbons (Fsp3) is 0.562. The number of benzene rings is 1. The number of halogens is 1. The van der Waals surface area contributed by atoms with E-state index in [-0.39, 0.29) is 17.9 Å². The smallest absolute Gasteiger partial charge is 0.223 e. The van der Waals surface area contributed by atoms with Crippen LogP contribution in [0.15, 0.2) is 30.3 Å². The zero-order valence-corrected chi connectivity index (χ0v) is 11.7. The fourth-order valence-electron chi connectivity index (χ4n) is 2.60. The van der Waals surface area contributed by atoms with Crippen molar-refractivity contribution in [1.29, 1.82) is 0 Å². The molecule has 3 heteroatoms. The molecule has 1 aliphatic carbocycles. The zero-order chi connectivity index (χ0) is 13.9. The van der Waals surface area contributed by atoms with Gasteiger partial charge in [-0.05, 0) is 18.4 Å². The number of alkyl halides is 1. The number of hydrogen-bond acceptors (Lipinski definition) is 1. The molecule has 2 nitrogen and oxygen atoms in total. The molecule has 0 aliphatic heterocycles. The van der Waals surface area contributed by atoms with Crippen LogP contribution in [0.5, 0.6) is 0 Å². The highest BCUT2D eigenvalue weighted by Crippen LogP contribution is 2.49. The molecule has 1 amide bonds. The van der Waals surface area contributed by atoms with Gasteiger partial charge in [-0.25, -0.2) is 4.39 Å². The fourth-order valence-corrected chi connectivity index (χ4v) is 2.60. The van der Waals surface area contributed by atoms with Crippen molar-refractivity contribution in [3.63, 3.8) is 0 Å². The Kier molecular flexibility index (Phi) is 4.23. The molecule has 1 aromatic rings. The standard InChI is InChI=1S/C16H22FNO/c1-3-8-12(4-2)15(19)18-14-11-16(14,17)13-9-6-5-7-10-13/h5-7,9-10,12,14H,3-4,8,11H2,1-2H3,(H,18,19)/t12?,14-,16-/m0/s1. The van der Waals surface area contributed by atoms with Crippen LogP contribution in [0.4, 0.5) is 4.39 Å². The second-order valence-electron chi connectivity index (χ2n) is 5.39. The van der Waals surface area contributed by atoms with E-state index in [1.807, 2.05) is 25.1 Å². The first-order chi connectivity index (χ1) is 9.11. The third-order valence-corrected chi connectivity index (χ3v) is 3.96. The predicted molar refractivity (Wildman–Crippen MR) is 74.5 cm³/mol. The summed E-state index contributed by atoms with van der Waals surface area (Å²) in [4.78, 5) is 12.1. The Morgan fingerprint density at radius 1 is 1.42 bits per heavy atom. The van der Waals surface area contributed by atoms with E-state index in [0.717, 1.165) is 19.3 Å². The maximum absolute atomic E-state index is 14.6. The molecule has 0 heterocycles. The van der Waals surface area contributed by atoms with Crippen molar-refractivity contribution in [2.24, 2.45) is 5.92 Å². The number of hydrogen-bond donors (Lipinski definition) is 1. The molecule has 0 aromatic heterocycles. The summed E-state index contributed by atoms with van der Waals surface area (Å²) >= 11 is 0. The first-order valence-electron chi connectivity index (χ1n) is 7.16. The second kappa shape index (κ2) is 5.72. The van der Waals surface area contributed by atoms with Gasteiger partial charge in [0.05, 0.1) is 6.04 Å². The third kappa shape index (κ3) is 2.96. The maximum atomic E-state index is 14.6. The lowest BCUT2D eigenvalue weighted by atomic mass is 10.00. The second-order valence-corrected chi connectivity index (χ2v) is 5.39. The topological polar surface area (TPSA) is 29.1 Å². The number of carbonyl (C=O) groups is 1. The summed E-state index contributed by atoms with van der Waals surface area (Å²) in [6, 6.07) is 8.76. The molecule has 1 N–H and O–H groups in total. The van der Waals surface area contributed by atoms with E-state index in [1.165, 1.54) is 0 Å². The molecule has 19 heavy (non-hydrogen) atoms. The summed E-state index contributed by atoms with van der Waals surface area (Å²) in [5.41, 5.74) is -0.689. The quantitative estimate of drug-likeness (QED) is 0.835. The molecule has 0 bridgehead atoms. The third-order valence-electron chi connectivity index (χ3n) is 3.96. The van der Waals surface area contributed by atoms with Crippen LogP contribution in [0.3, 0.4) is 0 Å². The summed E-state index contributed by atoms with van der Waals surface area (Å²) in [5, 5.41) is 2.86. The summed E-state index contributed by atoms with van der Waals surface area (Å²) in [7, 11) is 0. The van der Waals surface area contributed by atoms with Crippen molar-refractivity contribution >= 4 is 5.91 Å². The van der Waals surface area contributed by atoms with E-state index in [4.69, 9.17) is 0 Å². The highest BCUT2D eigenvalue weighted by atomic mass is 19.1. The van der Waals surface area contributed by atoms with E-state index in [2.05, 4.69) is 12.2 Å². The molecule has 104 valence electrons. The molecule has 1 fully saturated rings. The van der Waals surface area contributed by atoms with Crippen LogP contribution in [-0.2, 0) is 10.5 Å². The van der Waals surface area contributed by atoms with E-state index in [1.54, 1.807) is 12.1 Å². The van der Waals surface area contributed by atoms with Gasteiger partial charge in [-0.1, -0.05) is 50.6 Å². The van der Waals surface area contributed by atoms with Crippen molar-refractivity contribution in [3.05, 3.63) is 35.9 Å². The van der Waals surface area contributed by atoms with Crippen molar-refractivity contribution in [3.8, 4) is 0 Å². The summed E-state index contributed by atoms with van der Waals surface area (Å²) < 4.78 is 14.6. The van der Waals surface area contributed by atoms with Gasteiger partial charge in [-0.2, -0.15) is 0 Å². The van der Waals surface area contributed by atoms with Gasteiger partial charge >= 0.3 is 0 Å². The van der Waals surface area contributed by atoms with Crippen molar-refractivity contribution in [2.45, 2.75) is 51.2 Å². The minimum absolute atomic E-state index is 0.00445. The Bertz CT molecular complexity index is 434. The first kappa shape index (κ1) is 14.0. The van der Waals surface area contributed by atoms with Crippen molar-refractivity contribution in [1.82, 2.24) is 5.32 Å². The van der Waals surface area contributed by atoms with Crippen LogP contribution in [0.1, 0.15) is 45.1 Å². The molecule has 0 saturated heterocycles. The van der Waals surface area contributed by atoms with Gasteiger partial charge in [-0.15, -0.1) is 0 Å². The van der Waals surface area contributed by atoms with Crippen LogP contribution >= 0.6 is 0 Å². The molecule has 1 aromatic carbocycles. The van der Waals surface area contributed by atoms with Gasteiger partial charge < -0.3 is 5.32 Å². The molecule has 1 unspecified atom stereocenters. The van der Waals surface area contributed by atoms with Gasteiger partial charge in [0.15, 0.2) is 5.67 Å². The SMILES string of the molecule is CCCC(CC)C(=O)N[C@H]1C[C@]1(F)c1ccccc1. The van der Waals surface area contributed by atoms with Gasteiger partial charge in [-0.3, -0.25) is 4.79 Å². The average Bonchev–Trinajstić information content (AvgIpc) is 3.08. The highest BCUT2D eigenvalue weighted by molar-refractivity contribution is 5.79. The Morgan fingerprint density at radius 2 is 2.11 bits per heavy atom. The minimum Gasteiger partial charge on any atom is -0.349 e. The molecule has 1 saturated carbocycles. The number of carbonyl (C=O) groups excluding carboxylic acids is 1. The Morgan fingerprint density at radius 3 is 2.68 bits per heavy atom. The van der Waals surface area contributed by atoms with E-state index in [9.17, 15) is 9.18 Å². The lowest BCUT2D eigenvalue weighted by molar-refractivity contribution is -0.125. The molecule has 3 atom stereocenters. The lowest BCUT2D eigenvalue weighted by Gasteiger charge is -2.15. The van der Waals surface area contributed by atoms with Crippen LogP contribution < -0.4 is 5.32 Å². The molecule has 0 spiro atoms. The Hall–Kier alpha value is -1.38. The molecule has 0 radical (unpaired) electrons. The van der Waals surface area contributed by atoms with Crippen LogP contribution in [0, 0.1) is 5.92 Å². The van der Waals surface area contributed by atoms with Gasteiger partial charge in [0.25, 0.3) is 0 Å².